The fourth-order valence-corrected chi connectivity index (χ4v) is 4.67. The first-order chi connectivity index (χ1) is 16.0. The lowest BCUT2D eigenvalue weighted by Crippen LogP contribution is -2.36. The Morgan fingerprint density at radius 1 is 1.12 bits per heavy atom. The Bertz CT molecular complexity index is 1180. The van der Waals surface area contributed by atoms with E-state index in [1.165, 1.54) is 12.3 Å². The van der Waals surface area contributed by atoms with Crippen LogP contribution < -0.4 is 9.80 Å². The summed E-state index contributed by atoms with van der Waals surface area (Å²) in [6, 6.07) is 5.19. The van der Waals surface area contributed by atoms with Gasteiger partial charge in [0.15, 0.2) is 0 Å². The number of benzene rings is 1. The van der Waals surface area contributed by atoms with Crippen molar-refractivity contribution >= 4 is 28.4 Å². The molecule has 9 heteroatoms. The van der Waals surface area contributed by atoms with E-state index in [9.17, 15) is 9.18 Å². The summed E-state index contributed by atoms with van der Waals surface area (Å²) in [6.45, 7) is 3.62. The summed E-state index contributed by atoms with van der Waals surface area (Å²) in [5.41, 5.74) is 3.68. The van der Waals surface area contributed by atoms with Crippen LogP contribution in [0.3, 0.4) is 0 Å². The lowest BCUT2D eigenvalue weighted by molar-refractivity contribution is 0.0827. The summed E-state index contributed by atoms with van der Waals surface area (Å²) < 4.78 is 19.4. The zero-order chi connectivity index (χ0) is 22.9. The highest BCUT2D eigenvalue weighted by atomic mass is 19.1. The van der Waals surface area contributed by atoms with Gasteiger partial charge >= 0.3 is 0 Å². The van der Waals surface area contributed by atoms with E-state index in [4.69, 9.17) is 14.7 Å². The zero-order valence-electron chi connectivity index (χ0n) is 18.9. The molecule has 5 rings (SSSR count). The second kappa shape index (κ2) is 8.90. The molecular formula is C24H27FN6O2. The molecule has 0 N–H and O–H groups in total. The Balaban J connectivity index is 1.64. The SMILES string of the molecule is CN(C)C(=O)c1cc(C2CCCN2c2cncc(F)c2)c2nc(N3CCOCC3)cnc2c1. The molecule has 0 spiro atoms. The molecule has 8 nitrogen and oxygen atoms in total. The zero-order valence-corrected chi connectivity index (χ0v) is 18.9. The monoisotopic (exact) mass is 450 g/mol. The number of ether oxygens (including phenoxy) is 1. The van der Waals surface area contributed by atoms with Crippen LogP contribution in [0.15, 0.2) is 36.8 Å². The van der Waals surface area contributed by atoms with Gasteiger partial charge in [0.2, 0.25) is 0 Å². The number of fused-ring (bicyclic) bond motifs is 1. The molecule has 2 aliphatic rings. The van der Waals surface area contributed by atoms with Gasteiger partial charge in [0.25, 0.3) is 5.91 Å². The third-order valence-corrected chi connectivity index (χ3v) is 6.29. The number of carbonyl (C=O) groups is 1. The van der Waals surface area contributed by atoms with Gasteiger partial charge in [0.1, 0.15) is 11.6 Å². The van der Waals surface area contributed by atoms with E-state index < -0.39 is 0 Å². The minimum absolute atomic E-state index is 0.0553. The van der Waals surface area contributed by atoms with Gasteiger partial charge in [0.05, 0.1) is 54.6 Å². The molecule has 0 saturated carbocycles. The molecule has 0 aliphatic carbocycles. The minimum Gasteiger partial charge on any atom is -0.378 e. The molecule has 1 amide bonds. The number of aromatic nitrogens is 3. The quantitative estimate of drug-likeness (QED) is 0.605. The van der Waals surface area contributed by atoms with E-state index in [0.717, 1.165) is 55.1 Å². The Morgan fingerprint density at radius 2 is 1.94 bits per heavy atom. The summed E-state index contributed by atoms with van der Waals surface area (Å²) in [7, 11) is 3.47. The van der Waals surface area contributed by atoms with Gasteiger partial charge in [-0.15, -0.1) is 0 Å². The molecule has 2 aliphatic heterocycles. The number of amides is 1. The van der Waals surface area contributed by atoms with Gasteiger partial charge in [-0.05, 0) is 25.0 Å². The smallest absolute Gasteiger partial charge is 0.253 e. The first-order valence-corrected chi connectivity index (χ1v) is 11.2. The van der Waals surface area contributed by atoms with Crippen LogP contribution in [0.1, 0.15) is 34.8 Å². The summed E-state index contributed by atoms with van der Waals surface area (Å²) in [6.07, 6.45) is 6.48. The van der Waals surface area contributed by atoms with E-state index >= 15 is 0 Å². The number of nitrogens with zero attached hydrogens (tertiary/aromatic N) is 6. The average molecular weight is 451 g/mol. The summed E-state index contributed by atoms with van der Waals surface area (Å²) in [5, 5.41) is 0. The maximum Gasteiger partial charge on any atom is 0.253 e. The molecule has 3 aromatic rings. The van der Waals surface area contributed by atoms with Gasteiger partial charge in [-0.25, -0.2) is 9.37 Å². The summed E-state index contributed by atoms with van der Waals surface area (Å²) in [5.74, 6) is 0.346. The van der Waals surface area contributed by atoms with E-state index in [2.05, 4.69) is 14.8 Å². The molecule has 1 atom stereocenters. The van der Waals surface area contributed by atoms with Crippen molar-refractivity contribution in [1.82, 2.24) is 19.9 Å². The topological polar surface area (TPSA) is 74.7 Å². The molecule has 2 aromatic heterocycles. The maximum absolute atomic E-state index is 13.9. The van der Waals surface area contributed by atoms with E-state index in [-0.39, 0.29) is 17.8 Å². The van der Waals surface area contributed by atoms with Crippen molar-refractivity contribution in [2.24, 2.45) is 0 Å². The molecule has 172 valence electrons. The molecule has 0 radical (unpaired) electrons. The van der Waals surface area contributed by atoms with Crippen molar-refractivity contribution in [3.05, 3.63) is 53.7 Å². The van der Waals surface area contributed by atoms with Crippen LogP contribution in [0.5, 0.6) is 0 Å². The van der Waals surface area contributed by atoms with Crippen molar-refractivity contribution in [2.75, 3.05) is 56.7 Å². The highest BCUT2D eigenvalue weighted by Gasteiger charge is 2.30. The maximum atomic E-state index is 13.9. The number of anilines is 2. The standard InChI is InChI=1S/C24H27FN6O2/c1-29(2)24(32)16-10-19(21-4-3-5-31(21)18-12-17(25)13-26-14-18)23-20(11-16)27-15-22(28-23)30-6-8-33-9-7-30/h10-15,21H,3-9H2,1-2H3. The largest absolute Gasteiger partial charge is 0.378 e. The van der Waals surface area contributed by atoms with Crippen molar-refractivity contribution in [3.63, 3.8) is 0 Å². The highest BCUT2D eigenvalue weighted by Crippen LogP contribution is 2.39. The van der Waals surface area contributed by atoms with Gasteiger partial charge in [-0.2, -0.15) is 0 Å². The number of pyridine rings is 1. The van der Waals surface area contributed by atoms with Crippen LogP contribution in [0.4, 0.5) is 15.9 Å². The number of rotatable bonds is 4. The molecule has 1 aromatic carbocycles. The number of carbonyl (C=O) groups excluding carboxylic acids is 1. The van der Waals surface area contributed by atoms with Crippen molar-refractivity contribution in [2.45, 2.75) is 18.9 Å². The first-order valence-electron chi connectivity index (χ1n) is 11.2. The van der Waals surface area contributed by atoms with Crippen LogP contribution >= 0.6 is 0 Å². The molecule has 2 fully saturated rings. The van der Waals surface area contributed by atoms with Gasteiger partial charge in [-0.3, -0.25) is 14.8 Å². The Kier molecular flexibility index (Phi) is 5.80. The predicted molar refractivity (Wildman–Crippen MR) is 124 cm³/mol. The van der Waals surface area contributed by atoms with Gasteiger partial charge < -0.3 is 19.4 Å². The molecule has 33 heavy (non-hydrogen) atoms. The lowest BCUT2D eigenvalue weighted by Gasteiger charge is -2.29. The molecule has 2 saturated heterocycles. The van der Waals surface area contributed by atoms with Crippen LogP contribution in [0.25, 0.3) is 11.0 Å². The van der Waals surface area contributed by atoms with Crippen molar-refractivity contribution < 1.29 is 13.9 Å². The highest BCUT2D eigenvalue weighted by molar-refractivity contribution is 5.98. The fraction of sp³-hybridized carbons (Fsp3) is 0.417. The number of halogens is 1. The predicted octanol–water partition coefficient (Wildman–Crippen LogP) is 3.04. The Labute approximate surface area is 192 Å². The third-order valence-electron chi connectivity index (χ3n) is 6.29. The second-order valence-corrected chi connectivity index (χ2v) is 8.67. The average Bonchev–Trinajstić information content (AvgIpc) is 3.33. The number of morpholine rings is 1. The molecule has 0 bridgehead atoms. The fourth-order valence-electron chi connectivity index (χ4n) is 4.67. The Morgan fingerprint density at radius 3 is 2.70 bits per heavy atom. The van der Waals surface area contributed by atoms with Crippen LogP contribution in [0.2, 0.25) is 0 Å². The minimum atomic E-state index is -0.367. The van der Waals surface area contributed by atoms with Crippen LogP contribution in [-0.4, -0.2) is 72.7 Å². The molecule has 1 unspecified atom stereocenters. The Hall–Kier alpha value is -3.33. The normalized spacial score (nSPS) is 18.7. The van der Waals surface area contributed by atoms with Crippen LogP contribution in [-0.2, 0) is 4.74 Å². The van der Waals surface area contributed by atoms with Crippen LogP contribution in [0, 0.1) is 5.82 Å². The lowest BCUT2D eigenvalue weighted by atomic mass is 9.98. The second-order valence-electron chi connectivity index (χ2n) is 8.67. The number of hydrogen-bond acceptors (Lipinski definition) is 7. The van der Waals surface area contributed by atoms with Gasteiger partial charge in [-0.1, -0.05) is 0 Å². The van der Waals surface area contributed by atoms with Gasteiger partial charge in [0, 0.05) is 50.9 Å². The van der Waals surface area contributed by atoms with Crippen molar-refractivity contribution in [1.29, 1.82) is 0 Å². The molecule has 4 heterocycles. The van der Waals surface area contributed by atoms with Crippen molar-refractivity contribution in [3.8, 4) is 0 Å². The number of hydrogen-bond donors (Lipinski definition) is 0. The summed E-state index contributed by atoms with van der Waals surface area (Å²) >= 11 is 0. The molecular weight excluding hydrogens is 423 g/mol. The third kappa shape index (κ3) is 4.20. The van der Waals surface area contributed by atoms with E-state index in [0.29, 0.717) is 24.3 Å². The first kappa shape index (κ1) is 21.5. The summed E-state index contributed by atoms with van der Waals surface area (Å²) in [4.78, 5) is 32.5. The van der Waals surface area contributed by atoms with E-state index in [1.54, 1.807) is 37.5 Å². The van der Waals surface area contributed by atoms with E-state index in [1.807, 2.05) is 6.07 Å².